The normalized spacial score (nSPS) is 26.6. The van der Waals surface area contributed by atoms with Gasteiger partial charge in [0.25, 0.3) is 0 Å². The minimum atomic E-state index is -3.97. The van der Waals surface area contributed by atoms with Crippen molar-refractivity contribution < 1.29 is 18.3 Å². The van der Waals surface area contributed by atoms with Crippen molar-refractivity contribution in [2.24, 2.45) is 5.14 Å². The molecule has 1 aromatic heterocycles. The van der Waals surface area contributed by atoms with Crippen LogP contribution in [0.1, 0.15) is 6.42 Å². The Bertz CT molecular complexity index is 981. The summed E-state index contributed by atoms with van der Waals surface area (Å²) in [5, 5.41) is 21.2. The maximum atomic E-state index is 12.3. The molecule has 150 valence electrons. The third-order valence-electron chi connectivity index (χ3n) is 5.44. The van der Waals surface area contributed by atoms with Gasteiger partial charge in [-0.25, -0.2) is 23.4 Å². The van der Waals surface area contributed by atoms with Crippen LogP contribution in [0.25, 0.3) is 10.6 Å². The highest BCUT2D eigenvalue weighted by Gasteiger charge is 2.46. The molecule has 3 unspecified atom stereocenters. The molecule has 2 aromatic rings. The van der Waals surface area contributed by atoms with Crippen LogP contribution in [0.15, 0.2) is 28.6 Å². The summed E-state index contributed by atoms with van der Waals surface area (Å²) in [7, 11) is -3.97. The Labute approximate surface area is 166 Å². The number of rotatable bonds is 5. The van der Waals surface area contributed by atoms with Crippen LogP contribution in [-0.2, 0) is 10.0 Å². The van der Waals surface area contributed by atoms with E-state index in [0.717, 1.165) is 30.1 Å². The van der Waals surface area contributed by atoms with Crippen LogP contribution in [-0.4, -0.2) is 68.1 Å². The number of fused-ring (bicyclic) bond motifs is 3. The molecule has 9 nitrogen and oxygen atoms in total. The van der Waals surface area contributed by atoms with Crippen LogP contribution in [0.4, 0.5) is 5.69 Å². The average molecular weight is 424 g/mol. The summed E-state index contributed by atoms with van der Waals surface area (Å²) in [6.07, 6.45) is 2.35. The number of primary sulfonamides is 1. The van der Waals surface area contributed by atoms with Crippen LogP contribution in [0, 0.1) is 0 Å². The van der Waals surface area contributed by atoms with Crippen molar-refractivity contribution in [2.45, 2.75) is 29.8 Å². The smallest absolute Gasteiger partial charge is 0.240 e. The lowest BCUT2D eigenvalue weighted by atomic mass is 9.91. The van der Waals surface area contributed by atoms with E-state index in [9.17, 15) is 13.5 Å². The summed E-state index contributed by atoms with van der Waals surface area (Å²) in [5.74, 6) is 0.451. The maximum Gasteiger partial charge on any atom is 0.240 e. The minimum Gasteiger partial charge on any atom is -0.454 e. The second kappa shape index (κ2) is 6.65. The predicted molar refractivity (Wildman–Crippen MR) is 105 cm³/mol. The van der Waals surface area contributed by atoms with Crippen molar-refractivity contribution in [3.63, 3.8) is 0 Å². The summed E-state index contributed by atoms with van der Waals surface area (Å²) >= 11 is 1.45. The zero-order valence-electron chi connectivity index (χ0n) is 15.0. The van der Waals surface area contributed by atoms with E-state index >= 15 is 0 Å². The van der Waals surface area contributed by atoms with E-state index in [4.69, 9.17) is 9.88 Å². The molecule has 0 aliphatic carbocycles. The summed E-state index contributed by atoms with van der Waals surface area (Å²) < 4.78 is 30.9. The fraction of sp³-hybridized carbons (Fsp3) is 0.471. The molecule has 11 heteroatoms. The van der Waals surface area contributed by atoms with E-state index in [2.05, 4.69) is 15.2 Å². The molecule has 4 aliphatic rings. The summed E-state index contributed by atoms with van der Waals surface area (Å²) in [5.41, 5.74) is 1.13. The Morgan fingerprint density at radius 1 is 1.36 bits per heavy atom. The molecule has 0 radical (unpaired) electrons. The zero-order valence-corrected chi connectivity index (χ0v) is 16.6. The number of nitrogens with one attached hydrogen (secondary N) is 1. The second-order valence-electron chi connectivity index (χ2n) is 7.28. The van der Waals surface area contributed by atoms with Crippen LogP contribution in [0.5, 0.6) is 5.75 Å². The molecule has 4 N–H and O–H groups in total. The highest BCUT2D eigenvalue weighted by Crippen LogP contribution is 2.49. The first kappa shape index (κ1) is 18.3. The Morgan fingerprint density at radius 2 is 2.11 bits per heavy atom. The van der Waals surface area contributed by atoms with Gasteiger partial charge in [0.05, 0.1) is 12.2 Å². The molecule has 2 bridgehead atoms. The quantitative estimate of drug-likeness (QED) is 0.614. The number of piperidine rings is 1. The van der Waals surface area contributed by atoms with Crippen molar-refractivity contribution in [3.8, 4) is 16.3 Å². The number of ether oxygens (including phenoxy) is 1. The van der Waals surface area contributed by atoms with E-state index in [0.29, 0.717) is 23.5 Å². The fourth-order valence-electron chi connectivity index (χ4n) is 4.31. The van der Waals surface area contributed by atoms with Gasteiger partial charge in [0.1, 0.15) is 15.6 Å². The van der Waals surface area contributed by atoms with Gasteiger partial charge in [-0.15, -0.1) is 11.3 Å². The number of hydrogen-bond donors (Lipinski definition) is 3. The van der Waals surface area contributed by atoms with Gasteiger partial charge in [0.2, 0.25) is 16.4 Å². The number of benzene rings is 1. The van der Waals surface area contributed by atoms with Crippen LogP contribution in [0.3, 0.4) is 0 Å². The number of thiazole rings is 1. The zero-order chi connectivity index (χ0) is 19.5. The number of aliphatic hydroxyl groups is 1. The van der Waals surface area contributed by atoms with Gasteiger partial charge >= 0.3 is 0 Å². The monoisotopic (exact) mass is 423 g/mol. The Morgan fingerprint density at radius 3 is 2.71 bits per heavy atom. The summed E-state index contributed by atoms with van der Waals surface area (Å²) in [6.45, 7) is 1.70. The number of aromatic nitrogens is 1. The molecule has 0 saturated carbocycles. The van der Waals surface area contributed by atoms with Crippen molar-refractivity contribution in [1.82, 2.24) is 15.2 Å². The Balaban J connectivity index is 1.63. The SMILES string of the molecule is NS(=O)(=O)c1ccc(-c2nccs2)c2c1N(CCO)C(N1CC3CC(C1)N3)O2. The van der Waals surface area contributed by atoms with Gasteiger partial charge in [-0.05, 0) is 18.6 Å². The topological polar surface area (TPSA) is 121 Å². The molecule has 3 saturated heterocycles. The Hall–Kier alpha value is -1.76. The van der Waals surface area contributed by atoms with Gasteiger partial charge in [-0.2, -0.15) is 0 Å². The maximum absolute atomic E-state index is 12.3. The number of nitrogens with zero attached hydrogens (tertiary/aromatic N) is 3. The molecule has 3 fully saturated rings. The number of nitrogens with two attached hydrogens (primary N) is 1. The van der Waals surface area contributed by atoms with Gasteiger partial charge in [0, 0.05) is 43.3 Å². The van der Waals surface area contributed by atoms with E-state index < -0.39 is 16.4 Å². The first-order valence-corrected chi connectivity index (χ1v) is 11.5. The first-order chi connectivity index (χ1) is 13.5. The highest BCUT2D eigenvalue weighted by molar-refractivity contribution is 7.89. The lowest BCUT2D eigenvalue weighted by molar-refractivity contribution is -0.0299. The molecular weight excluding hydrogens is 402 g/mol. The molecule has 5 heterocycles. The lowest BCUT2D eigenvalue weighted by Gasteiger charge is -2.50. The van der Waals surface area contributed by atoms with Crippen molar-refractivity contribution in [3.05, 3.63) is 23.7 Å². The van der Waals surface area contributed by atoms with E-state index in [1.807, 2.05) is 5.38 Å². The molecule has 6 rings (SSSR count). The van der Waals surface area contributed by atoms with Gasteiger partial charge < -0.3 is 20.1 Å². The van der Waals surface area contributed by atoms with Crippen LogP contribution in [0.2, 0.25) is 0 Å². The number of sulfonamides is 1. The molecule has 4 aliphatic heterocycles. The average Bonchev–Trinajstić information content (AvgIpc) is 3.29. The van der Waals surface area contributed by atoms with Gasteiger partial charge in [-0.1, -0.05) is 0 Å². The summed E-state index contributed by atoms with van der Waals surface area (Å²) in [4.78, 5) is 8.34. The third-order valence-corrected chi connectivity index (χ3v) is 7.19. The number of hydrogen-bond acceptors (Lipinski definition) is 9. The van der Waals surface area contributed by atoms with E-state index in [-0.39, 0.29) is 18.0 Å². The molecule has 0 spiro atoms. The summed E-state index contributed by atoms with van der Waals surface area (Å²) in [6, 6.07) is 4.01. The standard InChI is InChI=1S/C17H21N5O4S2/c18-28(24,25)13-2-1-12(16-19-3-6-27-16)15-14(13)22(4-5-23)17(26-15)21-8-10-7-11(9-21)20-10/h1-3,6,10-11,17,20,23H,4-5,7-9H2,(H2,18,24,25). The fourth-order valence-corrected chi connectivity index (χ4v) is 5.71. The predicted octanol–water partition coefficient (Wildman–Crippen LogP) is -0.0217. The van der Waals surface area contributed by atoms with E-state index in [1.54, 1.807) is 17.2 Å². The minimum absolute atomic E-state index is 0.000880. The Kier molecular flexibility index (Phi) is 4.34. The molecule has 3 atom stereocenters. The van der Waals surface area contributed by atoms with Gasteiger partial charge in [-0.3, -0.25) is 0 Å². The van der Waals surface area contributed by atoms with Crippen molar-refractivity contribution in [1.29, 1.82) is 0 Å². The number of β-amino-alcohol motifs (C(OH)–C–C–N with tert-alkyl or cyclic N) is 1. The molecule has 0 amide bonds. The van der Waals surface area contributed by atoms with Crippen molar-refractivity contribution in [2.75, 3.05) is 31.1 Å². The second-order valence-corrected chi connectivity index (χ2v) is 9.71. The van der Waals surface area contributed by atoms with Crippen LogP contribution < -0.4 is 20.1 Å². The number of anilines is 1. The molecule has 1 aromatic carbocycles. The number of piperazine rings is 1. The molecule has 28 heavy (non-hydrogen) atoms. The largest absolute Gasteiger partial charge is 0.454 e. The van der Waals surface area contributed by atoms with Gasteiger partial charge in [0.15, 0.2) is 5.75 Å². The highest BCUT2D eigenvalue weighted by atomic mass is 32.2. The van der Waals surface area contributed by atoms with Crippen molar-refractivity contribution >= 4 is 27.0 Å². The first-order valence-electron chi connectivity index (χ1n) is 9.09. The number of aliphatic hydroxyl groups excluding tert-OH is 1. The molecular formula is C17H21N5O4S2. The lowest BCUT2D eigenvalue weighted by Crippen LogP contribution is -2.70. The van der Waals surface area contributed by atoms with Crippen LogP contribution >= 0.6 is 11.3 Å². The van der Waals surface area contributed by atoms with E-state index in [1.165, 1.54) is 17.4 Å². The third kappa shape index (κ3) is 2.90.